The second-order valence-corrected chi connectivity index (χ2v) is 6.24. The highest BCUT2D eigenvalue weighted by Gasteiger charge is 2.08. The molecule has 3 aromatic rings. The van der Waals surface area contributed by atoms with E-state index in [9.17, 15) is 14.0 Å². The zero-order valence-electron chi connectivity index (χ0n) is 13.8. The second kappa shape index (κ2) is 7.97. The highest BCUT2D eigenvalue weighted by atomic mass is 35.5. The number of nitrogens with zero attached hydrogens (tertiary/aromatic N) is 1. The molecule has 1 amide bonds. The number of amides is 1. The topological polar surface area (TPSA) is 51.1 Å². The van der Waals surface area contributed by atoms with Gasteiger partial charge in [-0.1, -0.05) is 41.9 Å². The molecule has 0 radical (unpaired) electrons. The smallest absolute Gasteiger partial charge is 0.250 e. The van der Waals surface area contributed by atoms with Crippen LogP contribution in [0.2, 0.25) is 5.02 Å². The van der Waals surface area contributed by atoms with E-state index in [2.05, 4.69) is 5.32 Å². The van der Waals surface area contributed by atoms with Crippen LogP contribution in [0.3, 0.4) is 0 Å². The van der Waals surface area contributed by atoms with Crippen molar-refractivity contribution in [2.75, 3.05) is 5.32 Å². The number of anilines is 1. The molecule has 1 aromatic heterocycles. The number of carbonyl (C=O) groups is 1. The van der Waals surface area contributed by atoms with Crippen LogP contribution in [0.1, 0.15) is 11.1 Å². The maximum atomic E-state index is 13.2. The van der Waals surface area contributed by atoms with Crippen molar-refractivity contribution in [1.82, 2.24) is 4.57 Å². The summed E-state index contributed by atoms with van der Waals surface area (Å²) in [5.74, 6) is -0.679. The van der Waals surface area contributed by atoms with E-state index >= 15 is 0 Å². The van der Waals surface area contributed by atoms with E-state index in [1.54, 1.807) is 24.4 Å². The van der Waals surface area contributed by atoms with Crippen molar-refractivity contribution in [1.29, 1.82) is 0 Å². The Kier molecular flexibility index (Phi) is 5.49. The number of carbonyl (C=O) groups excluding carboxylic acids is 1. The summed E-state index contributed by atoms with van der Waals surface area (Å²) in [5.41, 5.74) is 1.66. The van der Waals surface area contributed by atoms with Gasteiger partial charge in [-0.25, -0.2) is 4.39 Å². The molecule has 2 aromatic carbocycles. The minimum absolute atomic E-state index is 0.0431. The molecule has 0 aliphatic carbocycles. The zero-order valence-corrected chi connectivity index (χ0v) is 14.5. The van der Waals surface area contributed by atoms with Crippen molar-refractivity contribution in [3.8, 4) is 0 Å². The first kappa shape index (κ1) is 17.9. The fourth-order valence-electron chi connectivity index (χ4n) is 2.58. The van der Waals surface area contributed by atoms with Gasteiger partial charge in [-0.2, -0.15) is 0 Å². The summed E-state index contributed by atoms with van der Waals surface area (Å²) in [4.78, 5) is 24.2. The third-order valence-corrected chi connectivity index (χ3v) is 4.19. The Bertz CT molecular complexity index is 1000. The Hall–Kier alpha value is -2.92. The molecule has 6 heteroatoms. The first-order valence-corrected chi connectivity index (χ1v) is 8.37. The standard InChI is InChI=1S/C20H16ClFN2O2/c21-18-7-2-1-5-15(18)12-24-13-17(8-9-20(24)26)23-19(25)11-14-4-3-6-16(22)10-14/h1-10,13H,11-12H2,(H,23,25). The van der Waals surface area contributed by atoms with E-state index in [0.717, 1.165) is 5.56 Å². The van der Waals surface area contributed by atoms with Gasteiger partial charge in [0.2, 0.25) is 5.91 Å². The third kappa shape index (κ3) is 4.58. The molecule has 1 heterocycles. The number of benzene rings is 2. The van der Waals surface area contributed by atoms with Gasteiger partial charge in [0, 0.05) is 17.3 Å². The van der Waals surface area contributed by atoms with Crippen LogP contribution < -0.4 is 10.9 Å². The molecule has 132 valence electrons. The van der Waals surface area contributed by atoms with Crippen LogP contribution in [-0.2, 0) is 17.8 Å². The average molecular weight is 371 g/mol. The molecule has 0 saturated carbocycles. The molecule has 0 aliphatic heterocycles. The molecule has 4 nitrogen and oxygen atoms in total. The van der Waals surface area contributed by atoms with Gasteiger partial charge >= 0.3 is 0 Å². The molecule has 26 heavy (non-hydrogen) atoms. The van der Waals surface area contributed by atoms with E-state index in [1.165, 1.54) is 28.8 Å². The molecule has 0 aliphatic rings. The number of aromatic nitrogens is 1. The number of pyridine rings is 1. The lowest BCUT2D eigenvalue weighted by atomic mass is 10.1. The number of nitrogens with one attached hydrogen (secondary N) is 1. The summed E-state index contributed by atoms with van der Waals surface area (Å²) in [7, 11) is 0. The Morgan fingerprint density at radius 2 is 1.88 bits per heavy atom. The monoisotopic (exact) mass is 370 g/mol. The predicted octanol–water partition coefficient (Wildman–Crippen LogP) is 3.87. The highest BCUT2D eigenvalue weighted by Crippen LogP contribution is 2.16. The van der Waals surface area contributed by atoms with E-state index in [-0.39, 0.29) is 23.7 Å². The first-order chi connectivity index (χ1) is 12.5. The van der Waals surface area contributed by atoms with Gasteiger partial charge in [0.25, 0.3) is 5.56 Å². The summed E-state index contributed by atoms with van der Waals surface area (Å²) >= 11 is 6.14. The van der Waals surface area contributed by atoms with Gasteiger partial charge < -0.3 is 9.88 Å². The van der Waals surface area contributed by atoms with Crippen LogP contribution in [0.15, 0.2) is 71.7 Å². The van der Waals surface area contributed by atoms with Gasteiger partial charge in [-0.15, -0.1) is 0 Å². The second-order valence-electron chi connectivity index (χ2n) is 5.83. The lowest BCUT2D eigenvalue weighted by molar-refractivity contribution is -0.115. The largest absolute Gasteiger partial charge is 0.324 e. The van der Waals surface area contributed by atoms with Crippen molar-refractivity contribution >= 4 is 23.2 Å². The average Bonchev–Trinajstić information content (AvgIpc) is 2.60. The summed E-state index contributed by atoms with van der Waals surface area (Å²) in [6.07, 6.45) is 1.61. The van der Waals surface area contributed by atoms with Crippen LogP contribution in [0.4, 0.5) is 10.1 Å². The van der Waals surface area contributed by atoms with E-state index in [4.69, 9.17) is 11.6 Å². The van der Waals surface area contributed by atoms with Crippen LogP contribution in [-0.4, -0.2) is 10.5 Å². The third-order valence-electron chi connectivity index (χ3n) is 3.82. The van der Waals surface area contributed by atoms with Gasteiger partial charge in [-0.05, 0) is 35.4 Å². The van der Waals surface area contributed by atoms with Gasteiger partial charge in [0.05, 0.1) is 18.7 Å². The van der Waals surface area contributed by atoms with E-state index in [1.807, 2.05) is 18.2 Å². The molecule has 0 fully saturated rings. The lowest BCUT2D eigenvalue weighted by Gasteiger charge is -2.11. The van der Waals surface area contributed by atoms with Crippen molar-refractivity contribution in [2.24, 2.45) is 0 Å². The minimum atomic E-state index is -0.386. The molecule has 0 atom stereocenters. The minimum Gasteiger partial charge on any atom is -0.324 e. The number of hydrogen-bond acceptors (Lipinski definition) is 2. The summed E-state index contributed by atoms with van der Waals surface area (Å²) in [6, 6.07) is 16.1. The van der Waals surface area contributed by atoms with Crippen LogP contribution in [0, 0.1) is 5.82 Å². The van der Waals surface area contributed by atoms with Gasteiger partial charge in [0.15, 0.2) is 0 Å². The van der Waals surface area contributed by atoms with Crippen LogP contribution in [0.25, 0.3) is 0 Å². The van der Waals surface area contributed by atoms with Gasteiger partial charge in [0.1, 0.15) is 5.82 Å². The molecule has 3 rings (SSSR count). The molecular formula is C20H16ClFN2O2. The van der Waals surface area contributed by atoms with Crippen molar-refractivity contribution in [2.45, 2.75) is 13.0 Å². The Morgan fingerprint density at radius 3 is 2.65 bits per heavy atom. The van der Waals surface area contributed by atoms with Gasteiger partial charge in [-0.3, -0.25) is 9.59 Å². The number of rotatable bonds is 5. The fraction of sp³-hybridized carbons (Fsp3) is 0.100. The van der Waals surface area contributed by atoms with Crippen LogP contribution >= 0.6 is 11.6 Å². The summed E-state index contributed by atoms with van der Waals surface area (Å²) in [5, 5.41) is 3.29. The molecule has 0 bridgehead atoms. The molecule has 0 unspecified atom stereocenters. The van der Waals surface area contributed by atoms with Crippen LogP contribution in [0.5, 0.6) is 0 Å². The zero-order chi connectivity index (χ0) is 18.5. The SMILES string of the molecule is O=C(Cc1cccc(F)c1)Nc1ccc(=O)n(Cc2ccccc2Cl)c1. The first-order valence-electron chi connectivity index (χ1n) is 7.99. The predicted molar refractivity (Wildman–Crippen MR) is 100.0 cm³/mol. The number of hydrogen-bond donors (Lipinski definition) is 1. The fourth-order valence-corrected chi connectivity index (χ4v) is 2.77. The quantitative estimate of drug-likeness (QED) is 0.741. The maximum absolute atomic E-state index is 13.2. The van der Waals surface area contributed by atoms with Crippen molar-refractivity contribution in [3.63, 3.8) is 0 Å². The lowest BCUT2D eigenvalue weighted by Crippen LogP contribution is -2.21. The van der Waals surface area contributed by atoms with Crippen molar-refractivity contribution in [3.05, 3.63) is 99.2 Å². The van der Waals surface area contributed by atoms with E-state index < -0.39 is 0 Å². The van der Waals surface area contributed by atoms with E-state index in [0.29, 0.717) is 22.8 Å². The Balaban J connectivity index is 1.74. The normalized spacial score (nSPS) is 10.5. The molecular weight excluding hydrogens is 355 g/mol. The van der Waals surface area contributed by atoms with Crippen molar-refractivity contribution < 1.29 is 9.18 Å². The Labute approximate surface area is 154 Å². The highest BCUT2D eigenvalue weighted by molar-refractivity contribution is 6.31. The summed E-state index contributed by atoms with van der Waals surface area (Å²) in [6.45, 7) is 0.298. The molecule has 1 N–H and O–H groups in total. The Morgan fingerprint density at radius 1 is 1.08 bits per heavy atom. The molecule has 0 spiro atoms. The summed E-state index contributed by atoms with van der Waals surface area (Å²) < 4.78 is 14.7. The maximum Gasteiger partial charge on any atom is 0.250 e. The molecule has 0 saturated heterocycles. The number of halogens is 2.